The molecular weight excluding hydrogens is 307 g/mol. The molecule has 1 heterocycles. The van der Waals surface area contributed by atoms with Crippen molar-refractivity contribution in [2.24, 2.45) is 0 Å². The van der Waals surface area contributed by atoms with Crippen LogP contribution in [0, 0.1) is 0 Å². The van der Waals surface area contributed by atoms with Gasteiger partial charge in [-0.2, -0.15) is 4.68 Å². The van der Waals surface area contributed by atoms with Gasteiger partial charge in [-0.1, -0.05) is 41.0 Å². The van der Waals surface area contributed by atoms with Crippen LogP contribution >= 0.6 is 35.0 Å². The highest BCUT2D eigenvalue weighted by Crippen LogP contribution is 2.33. The van der Waals surface area contributed by atoms with Gasteiger partial charge in [0.25, 0.3) is 0 Å². The third kappa shape index (κ3) is 3.02. The number of halogens is 2. The summed E-state index contributed by atoms with van der Waals surface area (Å²) < 4.78 is 6.70. The smallest absolute Gasteiger partial charge is 0.214 e. The van der Waals surface area contributed by atoms with Crippen LogP contribution < -0.4 is 4.74 Å². The predicted molar refractivity (Wildman–Crippen MR) is 76.6 cm³/mol. The first-order valence-electron chi connectivity index (χ1n) is 5.23. The van der Waals surface area contributed by atoms with Crippen molar-refractivity contribution in [3.8, 4) is 11.4 Å². The number of aromatic nitrogens is 4. The summed E-state index contributed by atoms with van der Waals surface area (Å²) in [6.07, 6.45) is 1.77. The molecule has 0 fully saturated rings. The molecule has 0 unspecified atom stereocenters. The van der Waals surface area contributed by atoms with E-state index in [-0.39, 0.29) is 0 Å². The van der Waals surface area contributed by atoms with E-state index in [1.54, 1.807) is 18.2 Å². The summed E-state index contributed by atoms with van der Waals surface area (Å²) in [5.74, 6) is 1.21. The van der Waals surface area contributed by atoms with Crippen LogP contribution in [0.1, 0.15) is 0 Å². The number of rotatable bonds is 5. The molecule has 0 spiro atoms. The van der Waals surface area contributed by atoms with E-state index in [1.807, 2.05) is 0 Å². The highest BCUT2D eigenvalue weighted by molar-refractivity contribution is 7.99. The Hall–Kier alpha value is -1.24. The number of benzene rings is 1. The van der Waals surface area contributed by atoms with Crippen LogP contribution in [0.4, 0.5) is 0 Å². The maximum Gasteiger partial charge on any atom is 0.214 e. The normalized spacial score (nSPS) is 10.5. The lowest BCUT2D eigenvalue weighted by atomic mass is 10.3. The van der Waals surface area contributed by atoms with Crippen LogP contribution in [0.25, 0.3) is 5.69 Å². The molecule has 8 heteroatoms. The van der Waals surface area contributed by atoms with E-state index in [4.69, 9.17) is 27.9 Å². The van der Waals surface area contributed by atoms with E-state index < -0.39 is 0 Å². The monoisotopic (exact) mass is 316 g/mol. The van der Waals surface area contributed by atoms with Crippen LogP contribution in [0.5, 0.6) is 5.75 Å². The quantitative estimate of drug-likeness (QED) is 0.626. The molecule has 0 aliphatic carbocycles. The number of thioether (sulfide) groups is 1. The zero-order chi connectivity index (χ0) is 13.8. The minimum absolute atomic E-state index is 0.435. The van der Waals surface area contributed by atoms with E-state index in [0.29, 0.717) is 32.4 Å². The van der Waals surface area contributed by atoms with Gasteiger partial charge in [0.1, 0.15) is 5.75 Å². The summed E-state index contributed by atoms with van der Waals surface area (Å²) in [7, 11) is 1.53. The van der Waals surface area contributed by atoms with Crippen LogP contribution in [-0.4, -0.2) is 33.1 Å². The average Bonchev–Trinajstić information content (AvgIpc) is 2.84. The van der Waals surface area contributed by atoms with Crippen molar-refractivity contribution in [2.45, 2.75) is 5.16 Å². The number of methoxy groups -OCH3 is 1. The molecule has 0 atom stereocenters. The Balaban J connectivity index is 2.46. The molecule has 1 aromatic carbocycles. The summed E-state index contributed by atoms with van der Waals surface area (Å²) in [6.45, 7) is 3.66. The molecule has 0 saturated carbocycles. The Labute approximate surface area is 124 Å². The van der Waals surface area contributed by atoms with Gasteiger partial charge in [0.05, 0.1) is 22.8 Å². The third-order valence-electron chi connectivity index (χ3n) is 2.22. The molecule has 0 bridgehead atoms. The molecule has 0 aliphatic heterocycles. The maximum atomic E-state index is 6.17. The molecule has 5 nitrogen and oxygen atoms in total. The topological polar surface area (TPSA) is 52.8 Å². The molecule has 19 heavy (non-hydrogen) atoms. The summed E-state index contributed by atoms with van der Waals surface area (Å²) in [5.41, 5.74) is 0.611. The van der Waals surface area contributed by atoms with Crippen molar-refractivity contribution in [3.05, 3.63) is 34.8 Å². The Kier molecular flexibility index (Phi) is 4.68. The molecule has 0 radical (unpaired) electrons. The fourth-order valence-corrected chi connectivity index (χ4v) is 2.55. The molecule has 100 valence electrons. The van der Waals surface area contributed by atoms with Crippen molar-refractivity contribution >= 4 is 35.0 Å². The molecule has 0 N–H and O–H groups in total. The van der Waals surface area contributed by atoms with Crippen molar-refractivity contribution in [1.82, 2.24) is 20.2 Å². The van der Waals surface area contributed by atoms with Gasteiger partial charge < -0.3 is 4.74 Å². The van der Waals surface area contributed by atoms with Gasteiger partial charge >= 0.3 is 0 Å². The fourth-order valence-electron chi connectivity index (χ4n) is 1.39. The number of hydrogen-bond acceptors (Lipinski definition) is 5. The van der Waals surface area contributed by atoms with Gasteiger partial charge in [0.15, 0.2) is 0 Å². The van der Waals surface area contributed by atoms with Gasteiger partial charge in [-0.05, 0) is 16.5 Å². The van der Waals surface area contributed by atoms with Crippen molar-refractivity contribution in [1.29, 1.82) is 0 Å². The van der Waals surface area contributed by atoms with Gasteiger partial charge in [-0.3, -0.25) is 0 Å². The fraction of sp³-hybridized carbons (Fsp3) is 0.182. The van der Waals surface area contributed by atoms with Gasteiger partial charge in [-0.15, -0.1) is 11.7 Å². The second kappa shape index (κ2) is 6.27. The zero-order valence-electron chi connectivity index (χ0n) is 10.0. The van der Waals surface area contributed by atoms with Gasteiger partial charge in [0, 0.05) is 11.8 Å². The molecule has 2 rings (SSSR count). The van der Waals surface area contributed by atoms with E-state index in [0.717, 1.165) is 0 Å². The van der Waals surface area contributed by atoms with E-state index in [2.05, 4.69) is 22.1 Å². The van der Waals surface area contributed by atoms with Crippen molar-refractivity contribution in [3.63, 3.8) is 0 Å². The van der Waals surface area contributed by atoms with Crippen molar-refractivity contribution in [2.75, 3.05) is 12.9 Å². The number of hydrogen-bond donors (Lipinski definition) is 0. The zero-order valence-corrected chi connectivity index (χ0v) is 12.3. The first kappa shape index (κ1) is 14.2. The first-order valence-corrected chi connectivity index (χ1v) is 6.97. The van der Waals surface area contributed by atoms with Gasteiger partial charge in [-0.25, -0.2) is 0 Å². The lowest BCUT2D eigenvalue weighted by Crippen LogP contribution is -2.01. The van der Waals surface area contributed by atoms with E-state index in [9.17, 15) is 0 Å². The largest absolute Gasteiger partial charge is 0.495 e. The standard InChI is InChI=1S/C11H10Cl2N4OS/c1-3-4-19-11-14-15-16-17(11)9-6-10(18-2)8(13)5-7(9)12/h3,5-6H,1,4H2,2H3. The Morgan fingerprint density at radius 2 is 2.21 bits per heavy atom. The first-order chi connectivity index (χ1) is 9.17. The minimum atomic E-state index is 0.435. The SMILES string of the molecule is C=CCSc1nnnn1-c1cc(OC)c(Cl)cc1Cl. The summed E-state index contributed by atoms with van der Waals surface area (Å²) in [6, 6.07) is 3.29. The average molecular weight is 317 g/mol. The van der Waals surface area contributed by atoms with E-state index >= 15 is 0 Å². The highest BCUT2D eigenvalue weighted by Gasteiger charge is 2.14. The number of ether oxygens (including phenoxy) is 1. The summed E-state index contributed by atoms with van der Waals surface area (Å²) in [4.78, 5) is 0. The second-order valence-corrected chi connectivity index (χ2v) is 5.21. The van der Waals surface area contributed by atoms with Crippen LogP contribution in [0.3, 0.4) is 0 Å². The Morgan fingerprint density at radius 1 is 1.42 bits per heavy atom. The lowest BCUT2D eigenvalue weighted by molar-refractivity contribution is 0.414. The highest BCUT2D eigenvalue weighted by atomic mass is 35.5. The number of tetrazole rings is 1. The van der Waals surface area contributed by atoms with Crippen LogP contribution in [0.15, 0.2) is 29.9 Å². The summed E-state index contributed by atoms with van der Waals surface area (Å²) >= 11 is 13.6. The Bertz CT molecular complexity index is 602. The lowest BCUT2D eigenvalue weighted by Gasteiger charge is -2.09. The molecule has 1 aromatic heterocycles. The second-order valence-electron chi connectivity index (χ2n) is 3.41. The molecule has 2 aromatic rings. The summed E-state index contributed by atoms with van der Waals surface area (Å²) in [5, 5.41) is 13.0. The molecule has 0 saturated heterocycles. The predicted octanol–water partition coefficient (Wildman–Crippen LogP) is 3.26. The van der Waals surface area contributed by atoms with E-state index in [1.165, 1.54) is 23.6 Å². The van der Waals surface area contributed by atoms with Crippen LogP contribution in [-0.2, 0) is 0 Å². The molecule has 0 aliphatic rings. The number of nitrogens with zero attached hydrogens (tertiary/aromatic N) is 4. The van der Waals surface area contributed by atoms with Crippen LogP contribution in [0.2, 0.25) is 10.0 Å². The maximum absolute atomic E-state index is 6.17. The minimum Gasteiger partial charge on any atom is -0.495 e. The molecule has 0 amide bonds. The van der Waals surface area contributed by atoms with Crippen molar-refractivity contribution < 1.29 is 4.74 Å². The Morgan fingerprint density at radius 3 is 2.89 bits per heavy atom. The third-order valence-corrected chi connectivity index (χ3v) is 3.73. The van der Waals surface area contributed by atoms with Gasteiger partial charge in [0.2, 0.25) is 5.16 Å². The molecular formula is C11H10Cl2N4OS.